The number of anilines is 1. The minimum absolute atomic E-state index is 0.0647. The van der Waals surface area contributed by atoms with Crippen molar-refractivity contribution < 1.29 is 14.8 Å². The highest BCUT2D eigenvalue weighted by Crippen LogP contribution is 2.26. The van der Waals surface area contributed by atoms with Gasteiger partial charge < -0.3 is 10.0 Å². The Labute approximate surface area is 105 Å². The standard InChI is InChI=1S/C12H16N2O4/c1-8(7-15)13(3)12-5-4-10(14(17)18)6-11(12)9(2)16/h4-6,8,15H,7H2,1-3H3. The molecule has 6 heteroatoms. The third-order valence-electron chi connectivity index (χ3n) is 2.88. The predicted molar refractivity (Wildman–Crippen MR) is 68.1 cm³/mol. The Balaban J connectivity index is 3.27. The van der Waals surface area contributed by atoms with Gasteiger partial charge in [-0.2, -0.15) is 0 Å². The molecule has 0 spiro atoms. The molecule has 1 atom stereocenters. The normalized spacial score (nSPS) is 12.0. The molecule has 0 saturated heterocycles. The Morgan fingerprint density at radius 2 is 2.17 bits per heavy atom. The van der Waals surface area contributed by atoms with Crippen molar-refractivity contribution in [1.29, 1.82) is 0 Å². The molecule has 98 valence electrons. The van der Waals surface area contributed by atoms with Gasteiger partial charge in [0.25, 0.3) is 5.69 Å². The molecule has 0 aliphatic rings. The van der Waals surface area contributed by atoms with E-state index >= 15 is 0 Å². The summed E-state index contributed by atoms with van der Waals surface area (Å²) in [7, 11) is 1.73. The smallest absolute Gasteiger partial charge is 0.270 e. The van der Waals surface area contributed by atoms with Crippen molar-refractivity contribution in [3.05, 3.63) is 33.9 Å². The number of ketones is 1. The molecule has 0 heterocycles. The van der Waals surface area contributed by atoms with Crippen molar-refractivity contribution in [2.24, 2.45) is 0 Å². The van der Waals surface area contributed by atoms with Crippen LogP contribution < -0.4 is 4.90 Å². The first-order valence-corrected chi connectivity index (χ1v) is 5.51. The van der Waals surface area contributed by atoms with Crippen LogP contribution in [-0.2, 0) is 0 Å². The lowest BCUT2D eigenvalue weighted by Crippen LogP contribution is -2.32. The summed E-state index contributed by atoms with van der Waals surface area (Å²) in [5, 5.41) is 19.8. The molecule has 1 aromatic rings. The molecule has 0 aliphatic carbocycles. The number of nitro benzene ring substituents is 1. The Morgan fingerprint density at radius 3 is 2.61 bits per heavy atom. The zero-order valence-corrected chi connectivity index (χ0v) is 10.6. The van der Waals surface area contributed by atoms with Crippen LogP contribution in [0.15, 0.2) is 18.2 Å². The SMILES string of the molecule is CC(=O)c1cc([N+](=O)[O-])ccc1N(C)C(C)CO. The molecule has 1 unspecified atom stereocenters. The first-order chi connectivity index (χ1) is 8.38. The number of non-ortho nitro benzene ring substituents is 1. The fourth-order valence-corrected chi connectivity index (χ4v) is 1.59. The van der Waals surface area contributed by atoms with Gasteiger partial charge in [-0.1, -0.05) is 0 Å². The number of Topliss-reactive ketones (excluding diaryl/α,β-unsaturated/α-hetero) is 1. The lowest BCUT2D eigenvalue weighted by Gasteiger charge is -2.26. The summed E-state index contributed by atoms with van der Waals surface area (Å²) in [6.07, 6.45) is 0. The summed E-state index contributed by atoms with van der Waals surface area (Å²) < 4.78 is 0. The van der Waals surface area contributed by atoms with E-state index in [9.17, 15) is 14.9 Å². The number of aliphatic hydroxyl groups is 1. The summed E-state index contributed by atoms with van der Waals surface area (Å²) in [5.41, 5.74) is 0.746. The molecular formula is C12H16N2O4. The van der Waals surface area contributed by atoms with E-state index in [-0.39, 0.29) is 29.7 Å². The average molecular weight is 252 g/mol. The minimum Gasteiger partial charge on any atom is -0.394 e. The van der Waals surface area contributed by atoms with E-state index in [0.717, 1.165) is 0 Å². The van der Waals surface area contributed by atoms with Crippen molar-refractivity contribution in [2.45, 2.75) is 19.9 Å². The summed E-state index contributed by atoms with van der Waals surface area (Å²) in [4.78, 5) is 23.4. The number of aliphatic hydroxyl groups excluding tert-OH is 1. The largest absolute Gasteiger partial charge is 0.394 e. The quantitative estimate of drug-likeness (QED) is 0.489. The van der Waals surface area contributed by atoms with E-state index in [2.05, 4.69) is 0 Å². The Morgan fingerprint density at radius 1 is 1.56 bits per heavy atom. The molecule has 1 N–H and O–H groups in total. The number of nitrogens with zero attached hydrogens (tertiary/aromatic N) is 2. The van der Waals surface area contributed by atoms with Gasteiger partial charge in [-0.05, 0) is 19.9 Å². The first kappa shape index (κ1) is 14.1. The lowest BCUT2D eigenvalue weighted by molar-refractivity contribution is -0.384. The minimum atomic E-state index is -0.536. The highest BCUT2D eigenvalue weighted by Gasteiger charge is 2.18. The lowest BCUT2D eigenvalue weighted by atomic mass is 10.1. The van der Waals surface area contributed by atoms with Crippen LogP contribution in [0.3, 0.4) is 0 Å². The van der Waals surface area contributed by atoms with Crippen molar-refractivity contribution >= 4 is 17.2 Å². The van der Waals surface area contributed by atoms with Gasteiger partial charge >= 0.3 is 0 Å². The maximum atomic E-state index is 11.5. The van der Waals surface area contributed by atoms with E-state index in [1.165, 1.54) is 25.1 Å². The second kappa shape index (κ2) is 5.59. The van der Waals surface area contributed by atoms with E-state index in [4.69, 9.17) is 5.11 Å². The molecule has 0 aromatic heterocycles. The molecule has 6 nitrogen and oxygen atoms in total. The Hall–Kier alpha value is -1.95. The first-order valence-electron chi connectivity index (χ1n) is 5.51. The van der Waals surface area contributed by atoms with Gasteiger partial charge in [-0.15, -0.1) is 0 Å². The maximum Gasteiger partial charge on any atom is 0.270 e. The van der Waals surface area contributed by atoms with Crippen LogP contribution in [0.25, 0.3) is 0 Å². The second-order valence-electron chi connectivity index (χ2n) is 4.16. The zero-order chi connectivity index (χ0) is 13.9. The summed E-state index contributed by atoms with van der Waals surface area (Å²) in [5.74, 6) is -0.245. The molecule has 1 aromatic carbocycles. The third kappa shape index (κ3) is 2.84. The molecule has 0 radical (unpaired) electrons. The van der Waals surface area contributed by atoms with Gasteiger partial charge in [0.1, 0.15) is 0 Å². The van der Waals surface area contributed by atoms with Crippen molar-refractivity contribution in [1.82, 2.24) is 0 Å². The monoisotopic (exact) mass is 252 g/mol. The molecule has 0 bridgehead atoms. The van der Waals surface area contributed by atoms with Crippen LogP contribution in [0, 0.1) is 10.1 Å². The number of benzene rings is 1. The highest BCUT2D eigenvalue weighted by atomic mass is 16.6. The van der Waals surface area contributed by atoms with Gasteiger partial charge in [0.05, 0.1) is 11.5 Å². The fraction of sp³-hybridized carbons (Fsp3) is 0.417. The Kier molecular flexibility index (Phi) is 4.38. The van der Waals surface area contributed by atoms with Crippen LogP contribution in [0.2, 0.25) is 0 Å². The fourth-order valence-electron chi connectivity index (χ4n) is 1.59. The number of likely N-dealkylation sites (N-methyl/N-ethyl adjacent to an activating group) is 1. The average Bonchev–Trinajstić information content (AvgIpc) is 2.35. The van der Waals surface area contributed by atoms with Crippen molar-refractivity contribution in [3.63, 3.8) is 0 Å². The van der Waals surface area contributed by atoms with Gasteiger partial charge in [0.2, 0.25) is 0 Å². The van der Waals surface area contributed by atoms with Crippen LogP contribution in [0.1, 0.15) is 24.2 Å². The summed E-state index contributed by atoms with van der Waals surface area (Å²) in [6, 6.07) is 3.96. The summed E-state index contributed by atoms with van der Waals surface area (Å²) >= 11 is 0. The van der Waals surface area contributed by atoms with Gasteiger partial charge in [-0.3, -0.25) is 14.9 Å². The van der Waals surface area contributed by atoms with E-state index in [1.807, 2.05) is 0 Å². The maximum absolute atomic E-state index is 11.5. The summed E-state index contributed by atoms with van der Waals surface area (Å²) in [6.45, 7) is 3.09. The number of nitro groups is 1. The molecule has 18 heavy (non-hydrogen) atoms. The molecule has 0 fully saturated rings. The molecule has 0 aliphatic heterocycles. The van der Waals surface area contributed by atoms with Crippen LogP contribution in [-0.4, -0.2) is 35.5 Å². The van der Waals surface area contributed by atoms with Crippen LogP contribution in [0.4, 0.5) is 11.4 Å². The Bertz CT molecular complexity index is 473. The van der Waals surface area contributed by atoms with Gasteiger partial charge in [0, 0.05) is 36.5 Å². The van der Waals surface area contributed by atoms with E-state index < -0.39 is 4.92 Å². The predicted octanol–water partition coefficient (Wildman–Crippen LogP) is 1.61. The molecule has 0 amide bonds. The van der Waals surface area contributed by atoms with Crippen molar-refractivity contribution in [2.75, 3.05) is 18.6 Å². The highest BCUT2D eigenvalue weighted by molar-refractivity contribution is 6.00. The number of rotatable bonds is 5. The van der Waals surface area contributed by atoms with Crippen LogP contribution >= 0.6 is 0 Å². The number of hydrogen-bond donors (Lipinski definition) is 1. The van der Waals surface area contributed by atoms with Crippen molar-refractivity contribution in [3.8, 4) is 0 Å². The van der Waals surface area contributed by atoms with Crippen LogP contribution in [0.5, 0.6) is 0 Å². The topological polar surface area (TPSA) is 83.7 Å². The van der Waals surface area contributed by atoms with Gasteiger partial charge in [-0.25, -0.2) is 0 Å². The third-order valence-corrected chi connectivity index (χ3v) is 2.88. The van der Waals surface area contributed by atoms with E-state index in [1.54, 1.807) is 18.9 Å². The molecular weight excluding hydrogens is 236 g/mol. The zero-order valence-electron chi connectivity index (χ0n) is 10.6. The number of hydrogen-bond acceptors (Lipinski definition) is 5. The second-order valence-corrected chi connectivity index (χ2v) is 4.16. The van der Waals surface area contributed by atoms with Gasteiger partial charge in [0.15, 0.2) is 5.78 Å². The number of carbonyl (C=O) groups excluding carboxylic acids is 1. The molecule has 0 saturated carbocycles. The molecule has 1 rings (SSSR count). The van der Waals surface area contributed by atoms with E-state index in [0.29, 0.717) is 5.69 Å². The number of carbonyl (C=O) groups is 1.